The van der Waals surface area contributed by atoms with Crippen LogP contribution in [0.5, 0.6) is 17.2 Å². The number of hydrogen-bond donors (Lipinski definition) is 1. The van der Waals surface area contributed by atoms with E-state index in [-0.39, 0.29) is 12.0 Å². The highest BCUT2D eigenvalue weighted by molar-refractivity contribution is 6.04. The second kappa shape index (κ2) is 8.58. The van der Waals surface area contributed by atoms with E-state index >= 15 is 0 Å². The van der Waals surface area contributed by atoms with Crippen molar-refractivity contribution < 1.29 is 23.7 Å². The largest absolute Gasteiger partial charge is 0.497 e. The van der Waals surface area contributed by atoms with Crippen LogP contribution in [0.25, 0.3) is 0 Å². The second-order valence-electron chi connectivity index (χ2n) is 6.03. The van der Waals surface area contributed by atoms with Crippen molar-refractivity contribution in [3.8, 4) is 17.2 Å². The van der Waals surface area contributed by atoms with Gasteiger partial charge in [-0.25, -0.2) is 0 Å². The smallest absolute Gasteiger partial charge is 0.255 e. The summed E-state index contributed by atoms with van der Waals surface area (Å²) in [5, 5.41) is 2.84. The molecule has 1 atom stereocenters. The molecule has 1 fully saturated rings. The molecule has 1 aliphatic heterocycles. The molecule has 0 spiro atoms. The number of methoxy groups -OCH3 is 2. The van der Waals surface area contributed by atoms with Crippen molar-refractivity contribution in [3.05, 3.63) is 48.0 Å². The third-order valence-corrected chi connectivity index (χ3v) is 4.19. The Bertz CT molecular complexity index is 716. The lowest BCUT2D eigenvalue weighted by molar-refractivity contribution is 0.0679. The SMILES string of the molecule is COc1cc(NC(=O)c2ccc(OCC3CCCO3)cc2)cc(OC)c1. The number of amides is 1. The van der Waals surface area contributed by atoms with Gasteiger partial charge < -0.3 is 24.3 Å². The topological polar surface area (TPSA) is 66.0 Å². The van der Waals surface area contributed by atoms with Crippen molar-refractivity contribution >= 4 is 11.6 Å². The first-order chi connectivity index (χ1) is 12.7. The summed E-state index contributed by atoms with van der Waals surface area (Å²) in [7, 11) is 3.13. The number of carbonyl (C=O) groups excluding carboxylic acids is 1. The van der Waals surface area contributed by atoms with E-state index < -0.39 is 0 Å². The van der Waals surface area contributed by atoms with E-state index in [0.717, 1.165) is 25.2 Å². The molecule has 0 aliphatic carbocycles. The Morgan fingerprint density at radius 3 is 2.35 bits per heavy atom. The third kappa shape index (κ3) is 4.67. The van der Waals surface area contributed by atoms with Crippen LogP contribution in [0.1, 0.15) is 23.2 Å². The average molecular weight is 357 g/mol. The molecule has 2 aromatic rings. The minimum Gasteiger partial charge on any atom is -0.497 e. The van der Waals surface area contributed by atoms with Crippen LogP contribution in [0.3, 0.4) is 0 Å². The summed E-state index contributed by atoms with van der Waals surface area (Å²) in [6.07, 6.45) is 2.29. The Hall–Kier alpha value is -2.73. The Kier molecular flexibility index (Phi) is 5.96. The van der Waals surface area contributed by atoms with Gasteiger partial charge in [-0.1, -0.05) is 0 Å². The highest BCUT2D eigenvalue weighted by Gasteiger charge is 2.16. The van der Waals surface area contributed by atoms with Gasteiger partial charge in [0.25, 0.3) is 5.91 Å². The van der Waals surface area contributed by atoms with Crippen molar-refractivity contribution in [2.45, 2.75) is 18.9 Å². The fourth-order valence-electron chi connectivity index (χ4n) is 2.75. The van der Waals surface area contributed by atoms with Gasteiger partial charge in [0.05, 0.1) is 20.3 Å². The standard InChI is InChI=1S/C20H23NO5/c1-23-18-10-15(11-19(12-18)24-2)21-20(22)14-5-7-16(8-6-14)26-13-17-4-3-9-25-17/h5-8,10-12,17H,3-4,9,13H2,1-2H3,(H,21,22). The van der Waals surface area contributed by atoms with Crippen molar-refractivity contribution in [2.75, 3.05) is 32.8 Å². The van der Waals surface area contributed by atoms with Crippen LogP contribution in [0, 0.1) is 0 Å². The Morgan fingerprint density at radius 1 is 1.08 bits per heavy atom. The molecule has 6 nitrogen and oxygen atoms in total. The summed E-state index contributed by atoms with van der Waals surface area (Å²) < 4.78 is 21.7. The zero-order valence-corrected chi connectivity index (χ0v) is 15.0. The average Bonchev–Trinajstić information content (AvgIpc) is 3.20. The molecule has 138 valence electrons. The van der Waals surface area contributed by atoms with Crippen molar-refractivity contribution in [1.29, 1.82) is 0 Å². The van der Waals surface area contributed by atoms with E-state index in [9.17, 15) is 4.79 Å². The van der Waals surface area contributed by atoms with Crippen molar-refractivity contribution in [2.24, 2.45) is 0 Å². The molecule has 6 heteroatoms. The fourth-order valence-corrected chi connectivity index (χ4v) is 2.75. The summed E-state index contributed by atoms with van der Waals surface area (Å²) >= 11 is 0. The lowest BCUT2D eigenvalue weighted by atomic mass is 10.2. The van der Waals surface area contributed by atoms with E-state index in [4.69, 9.17) is 18.9 Å². The maximum Gasteiger partial charge on any atom is 0.255 e. The normalized spacial score (nSPS) is 16.2. The van der Waals surface area contributed by atoms with Gasteiger partial charge in [-0.3, -0.25) is 4.79 Å². The molecule has 0 saturated carbocycles. The number of ether oxygens (including phenoxy) is 4. The molecule has 1 saturated heterocycles. The van der Waals surface area contributed by atoms with Crippen LogP contribution in [0.2, 0.25) is 0 Å². The fraction of sp³-hybridized carbons (Fsp3) is 0.350. The summed E-state index contributed by atoms with van der Waals surface area (Å²) in [5.41, 5.74) is 1.14. The quantitative estimate of drug-likeness (QED) is 0.821. The first kappa shape index (κ1) is 18.1. The van der Waals surface area contributed by atoms with Gasteiger partial charge >= 0.3 is 0 Å². The Balaban J connectivity index is 1.60. The van der Waals surface area contributed by atoms with Gasteiger partial charge in [-0.15, -0.1) is 0 Å². The zero-order chi connectivity index (χ0) is 18.4. The number of hydrogen-bond acceptors (Lipinski definition) is 5. The van der Waals surface area contributed by atoms with Gasteiger partial charge in [-0.05, 0) is 37.1 Å². The van der Waals surface area contributed by atoms with E-state index in [1.807, 2.05) is 0 Å². The molecule has 1 N–H and O–H groups in total. The summed E-state index contributed by atoms with van der Waals surface area (Å²) in [5.74, 6) is 1.72. The highest BCUT2D eigenvalue weighted by Crippen LogP contribution is 2.26. The maximum absolute atomic E-state index is 12.4. The molecular weight excluding hydrogens is 334 g/mol. The first-order valence-electron chi connectivity index (χ1n) is 8.57. The first-order valence-corrected chi connectivity index (χ1v) is 8.57. The Morgan fingerprint density at radius 2 is 1.77 bits per heavy atom. The molecule has 0 radical (unpaired) electrons. The Labute approximate surface area is 153 Å². The monoisotopic (exact) mass is 357 g/mol. The van der Waals surface area contributed by atoms with E-state index in [2.05, 4.69) is 5.32 Å². The van der Waals surface area contributed by atoms with Crippen molar-refractivity contribution in [3.63, 3.8) is 0 Å². The van der Waals surface area contributed by atoms with Gasteiger partial charge in [0.2, 0.25) is 0 Å². The van der Waals surface area contributed by atoms with Crippen LogP contribution in [-0.4, -0.2) is 39.4 Å². The van der Waals surface area contributed by atoms with E-state index in [1.165, 1.54) is 0 Å². The predicted octanol–water partition coefficient (Wildman–Crippen LogP) is 3.51. The van der Waals surface area contributed by atoms with Gasteiger partial charge in [-0.2, -0.15) is 0 Å². The minimum absolute atomic E-state index is 0.168. The minimum atomic E-state index is -0.217. The maximum atomic E-state index is 12.4. The van der Waals surface area contributed by atoms with Crippen LogP contribution in [0.4, 0.5) is 5.69 Å². The zero-order valence-electron chi connectivity index (χ0n) is 15.0. The molecule has 1 heterocycles. The van der Waals surface area contributed by atoms with Gasteiger partial charge in [0, 0.05) is 36.1 Å². The van der Waals surface area contributed by atoms with Crippen LogP contribution >= 0.6 is 0 Å². The molecular formula is C20H23NO5. The third-order valence-electron chi connectivity index (χ3n) is 4.19. The molecule has 1 amide bonds. The van der Waals surface area contributed by atoms with Gasteiger partial charge in [0.1, 0.15) is 23.9 Å². The van der Waals surface area contributed by atoms with Crippen LogP contribution in [-0.2, 0) is 4.74 Å². The number of nitrogens with one attached hydrogen (secondary N) is 1. The van der Waals surface area contributed by atoms with E-state index in [1.54, 1.807) is 56.7 Å². The summed E-state index contributed by atoms with van der Waals surface area (Å²) in [4.78, 5) is 12.4. The predicted molar refractivity (Wildman–Crippen MR) is 98.4 cm³/mol. The van der Waals surface area contributed by atoms with Gasteiger partial charge in [0.15, 0.2) is 0 Å². The lowest BCUT2D eigenvalue weighted by Crippen LogP contribution is -2.16. The molecule has 1 aliphatic rings. The second-order valence-corrected chi connectivity index (χ2v) is 6.03. The number of carbonyl (C=O) groups is 1. The summed E-state index contributed by atoms with van der Waals surface area (Å²) in [6.45, 7) is 1.34. The van der Waals surface area contributed by atoms with Crippen LogP contribution in [0.15, 0.2) is 42.5 Å². The van der Waals surface area contributed by atoms with Crippen molar-refractivity contribution in [1.82, 2.24) is 0 Å². The molecule has 0 aromatic heterocycles. The molecule has 1 unspecified atom stereocenters. The lowest BCUT2D eigenvalue weighted by Gasteiger charge is -2.12. The molecule has 2 aromatic carbocycles. The molecule has 0 bridgehead atoms. The summed E-state index contributed by atoms with van der Waals surface area (Å²) in [6, 6.07) is 12.3. The number of benzene rings is 2. The van der Waals surface area contributed by atoms with Crippen LogP contribution < -0.4 is 19.5 Å². The number of rotatable bonds is 7. The highest BCUT2D eigenvalue weighted by atomic mass is 16.5. The number of anilines is 1. The van der Waals surface area contributed by atoms with E-state index in [0.29, 0.717) is 29.4 Å². The molecule has 26 heavy (non-hydrogen) atoms. The molecule has 3 rings (SSSR count).